The van der Waals surface area contributed by atoms with Gasteiger partial charge in [0.25, 0.3) is 5.92 Å². The van der Waals surface area contributed by atoms with Crippen LogP contribution in [0.1, 0.15) is 18.4 Å². The highest BCUT2D eigenvalue weighted by molar-refractivity contribution is 5.79. The number of carbonyl (C=O) groups excluding carboxylic acids is 1. The summed E-state index contributed by atoms with van der Waals surface area (Å²) in [7, 11) is 0. The van der Waals surface area contributed by atoms with Crippen LogP contribution in [0.4, 0.5) is 13.6 Å². The smallest absolute Gasteiger partial charge is 0.408 e. The molecule has 10 heteroatoms. The van der Waals surface area contributed by atoms with E-state index in [1.807, 2.05) is 5.32 Å². The Labute approximate surface area is 136 Å². The Morgan fingerprint density at radius 3 is 2.62 bits per heavy atom. The molecule has 1 aromatic carbocycles. The maximum Gasteiger partial charge on any atom is 0.408 e. The van der Waals surface area contributed by atoms with Crippen LogP contribution in [0.25, 0.3) is 10.4 Å². The molecule has 1 aromatic rings. The molecule has 0 saturated carbocycles. The second kappa shape index (κ2) is 9.31. The van der Waals surface area contributed by atoms with Crippen molar-refractivity contribution < 1.29 is 28.2 Å². The van der Waals surface area contributed by atoms with Crippen LogP contribution in [0.15, 0.2) is 35.4 Å². The van der Waals surface area contributed by atoms with Crippen molar-refractivity contribution in [3.63, 3.8) is 0 Å². The normalized spacial score (nSPS) is 11.9. The zero-order valence-electron chi connectivity index (χ0n) is 12.6. The summed E-state index contributed by atoms with van der Waals surface area (Å²) >= 11 is 0. The predicted octanol–water partition coefficient (Wildman–Crippen LogP) is 3.09. The first-order valence-electron chi connectivity index (χ1n) is 6.93. The molecule has 2 N–H and O–H groups in total. The number of hydrogen-bond donors (Lipinski definition) is 2. The SMILES string of the molecule is [N-]=[N+]=NCC(F)(F)CCC(NC(=O)OCc1ccccc1)C(=O)O. The van der Waals surface area contributed by atoms with Crippen LogP contribution < -0.4 is 5.32 Å². The molecule has 1 atom stereocenters. The number of hydrogen-bond acceptors (Lipinski definition) is 4. The minimum absolute atomic E-state index is 0.0773. The topological polar surface area (TPSA) is 124 Å². The second-order valence-electron chi connectivity index (χ2n) is 4.88. The molecule has 0 aliphatic rings. The Hall–Kier alpha value is -2.87. The van der Waals surface area contributed by atoms with Gasteiger partial charge in [-0.25, -0.2) is 18.4 Å². The molecule has 1 amide bonds. The third kappa shape index (κ3) is 7.41. The van der Waals surface area contributed by atoms with Gasteiger partial charge in [0.1, 0.15) is 12.6 Å². The first-order valence-corrected chi connectivity index (χ1v) is 6.93. The lowest BCUT2D eigenvalue weighted by molar-refractivity contribution is -0.140. The standard InChI is InChI=1S/C14H16F2N4O4/c15-14(16,9-18-20-17)7-6-11(12(21)22)19-13(23)24-8-10-4-2-1-3-5-10/h1-5,11H,6-9H2,(H,19,23)(H,21,22). The molecule has 0 aromatic heterocycles. The molecular formula is C14H16F2N4O4. The molecule has 24 heavy (non-hydrogen) atoms. The van der Waals surface area contributed by atoms with E-state index in [4.69, 9.17) is 15.4 Å². The third-order valence-corrected chi connectivity index (χ3v) is 2.97. The summed E-state index contributed by atoms with van der Waals surface area (Å²) in [6.45, 7) is -1.15. The van der Waals surface area contributed by atoms with E-state index in [-0.39, 0.29) is 6.61 Å². The number of nitrogens with one attached hydrogen (secondary N) is 1. The Balaban J connectivity index is 2.48. The highest BCUT2D eigenvalue weighted by Crippen LogP contribution is 2.22. The van der Waals surface area contributed by atoms with E-state index < -0.39 is 43.4 Å². The monoisotopic (exact) mass is 342 g/mol. The fraction of sp³-hybridized carbons (Fsp3) is 0.429. The van der Waals surface area contributed by atoms with Crippen LogP contribution in [0.2, 0.25) is 0 Å². The van der Waals surface area contributed by atoms with Gasteiger partial charge in [0.15, 0.2) is 0 Å². The minimum Gasteiger partial charge on any atom is -0.480 e. The maximum absolute atomic E-state index is 13.3. The summed E-state index contributed by atoms with van der Waals surface area (Å²) < 4.78 is 31.5. The van der Waals surface area contributed by atoms with E-state index in [9.17, 15) is 18.4 Å². The van der Waals surface area contributed by atoms with Crippen molar-refractivity contribution in [1.29, 1.82) is 0 Å². The quantitative estimate of drug-likeness (QED) is 0.406. The zero-order valence-corrected chi connectivity index (χ0v) is 12.6. The Bertz CT molecular complexity index is 606. The van der Waals surface area contributed by atoms with Gasteiger partial charge in [-0.05, 0) is 17.5 Å². The van der Waals surface area contributed by atoms with Gasteiger partial charge in [-0.15, -0.1) is 0 Å². The van der Waals surface area contributed by atoms with Gasteiger partial charge in [-0.1, -0.05) is 35.4 Å². The summed E-state index contributed by atoms with van der Waals surface area (Å²) in [6.07, 6.45) is -2.42. The van der Waals surface area contributed by atoms with Crippen molar-refractivity contribution in [2.45, 2.75) is 31.4 Å². The molecule has 0 radical (unpaired) electrons. The highest BCUT2D eigenvalue weighted by atomic mass is 19.3. The molecule has 0 aliphatic carbocycles. The number of benzene rings is 1. The van der Waals surface area contributed by atoms with Crippen LogP contribution >= 0.6 is 0 Å². The van der Waals surface area contributed by atoms with E-state index >= 15 is 0 Å². The van der Waals surface area contributed by atoms with Gasteiger partial charge >= 0.3 is 12.1 Å². The molecule has 1 unspecified atom stereocenters. The summed E-state index contributed by atoms with van der Waals surface area (Å²) in [5.74, 6) is -4.82. The molecule has 0 fully saturated rings. The molecule has 1 rings (SSSR count). The number of halogens is 2. The van der Waals surface area contributed by atoms with Crippen molar-refractivity contribution in [2.24, 2.45) is 5.11 Å². The van der Waals surface area contributed by atoms with Gasteiger partial charge in [-0.2, -0.15) is 0 Å². The summed E-state index contributed by atoms with van der Waals surface area (Å²) in [4.78, 5) is 24.8. The fourth-order valence-electron chi connectivity index (χ4n) is 1.73. The number of aliphatic carboxylic acids is 1. The number of alkyl carbamates (subject to hydrolysis) is 1. The van der Waals surface area contributed by atoms with E-state index in [2.05, 4.69) is 10.0 Å². The summed E-state index contributed by atoms with van der Waals surface area (Å²) in [6, 6.07) is 7.13. The number of carbonyl (C=O) groups is 2. The van der Waals surface area contributed by atoms with Crippen molar-refractivity contribution in [3.05, 3.63) is 46.3 Å². The maximum atomic E-state index is 13.3. The van der Waals surface area contributed by atoms with E-state index in [0.717, 1.165) is 0 Å². The van der Waals surface area contributed by atoms with Crippen LogP contribution in [0.5, 0.6) is 0 Å². The molecule has 8 nitrogen and oxygen atoms in total. The van der Waals surface area contributed by atoms with Crippen LogP contribution in [0, 0.1) is 0 Å². The molecular weight excluding hydrogens is 326 g/mol. The van der Waals surface area contributed by atoms with Gasteiger partial charge in [0.05, 0.1) is 6.54 Å². The number of carboxylic acids is 1. The molecule has 0 aliphatic heterocycles. The fourth-order valence-corrected chi connectivity index (χ4v) is 1.73. The number of alkyl halides is 2. The van der Waals surface area contributed by atoms with Crippen molar-refractivity contribution in [1.82, 2.24) is 5.32 Å². The summed E-state index contributed by atoms with van der Waals surface area (Å²) in [5, 5.41) is 13.8. The first-order chi connectivity index (χ1) is 11.3. The predicted molar refractivity (Wildman–Crippen MR) is 79.4 cm³/mol. The van der Waals surface area contributed by atoms with E-state index in [1.54, 1.807) is 30.3 Å². The largest absolute Gasteiger partial charge is 0.480 e. The van der Waals surface area contributed by atoms with Crippen molar-refractivity contribution in [2.75, 3.05) is 6.54 Å². The molecule has 130 valence electrons. The Morgan fingerprint density at radius 2 is 2.04 bits per heavy atom. The lowest BCUT2D eigenvalue weighted by atomic mass is 10.1. The van der Waals surface area contributed by atoms with Crippen LogP contribution in [0.3, 0.4) is 0 Å². The number of azide groups is 1. The lowest BCUT2D eigenvalue weighted by Crippen LogP contribution is -2.42. The summed E-state index contributed by atoms with van der Waals surface area (Å²) in [5.41, 5.74) is 8.72. The van der Waals surface area contributed by atoms with Crippen molar-refractivity contribution >= 4 is 12.1 Å². The number of carboxylic acid groups (broad SMARTS) is 1. The third-order valence-electron chi connectivity index (χ3n) is 2.97. The van der Waals surface area contributed by atoms with E-state index in [0.29, 0.717) is 5.56 Å². The average Bonchev–Trinajstić information content (AvgIpc) is 2.55. The molecule has 0 saturated heterocycles. The second-order valence-corrected chi connectivity index (χ2v) is 4.88. The number of nitrogens with zero attached hydrogens (tertiary/aromatic N) is 3. The molecule has 0 spiro atoms. The highest BCUT2D eigenvalue weighted by Gasteiger charge is 2.31. The van der Waals surface area contributed by atoms with Crippen LogP contribution in [-0.2, 0) is 16.1 Å². The van der Waals surface area contributed by atoms with Gasteiger partial charge in [0.2, 0.25) is 0 Å². The number of ether oxygens (including phenoxy) is 1. The first kappa shape index (κ1) is 19.2. The number of rotatable bonds is 9. The molecule has 0 bridgehead atoms. The average molecular weight is 342 g/mol. The Kier molecular flexibility index (Phi) is 7.44. The van der Waals surface area contributed by atoms with Gasteiger partial charge in [0, 0.05) is 11.3 Å². The minimum atomic E-state index is -3.35. The van der Waals surface area contributed by atoms with Gasteiger partial charge in [-0.3, -0.25) is 0 Å². The van der Waals surface area contributed by atoms with Crippen LogP contribution in [-0.4, -0.2) is 35.7 Å². The van der Waals surface area contributed by atoms with Crippen molar-refractivity contribution in [3.8, 4) is 0 Å². The van der Waals surface area contributed by atoms with E-state index in [1.165, 1.54) is 0 Å². The van der Waals surface area contributed by atoms with Gasteiger partial charge < -0.3 is 15.2 Å². The lowest BCUT2D eigenvalue weighted by Gasteiger charge is -2.18. The number of amides is 1. The zero-order chi connectivity index (χ0) is 18.0. The molecule has 0 heterocycles. The Morgan fingerprint density at radius 1 is 1.38 bits per heavy atom.